The molecule has 2 unspecified atom stereocenters. The summed E-state index contributed by atoms with van der Waals surface area (Å²) < 4.78 is 21.4. The predicted octanol–water partition coefficient (Wildman–Crippen LogP) is 2.99. The van der Waals surface area contributed by atoms with Crippen LogP contribution in [0.2, 0.25) is 0 Å². The van der Waals surface area contributed by atoms with Crippen molar-refractivity contribution in [3.05, 3.63) is 72.5 Å². The largest absolute Gasteiger partial charge is 0.467 e. The molecule has 10 heteroatoms. The lowest BCUT2D eigenvalue weighted by molar-refractivity contribution is -0.156. The van der Waals surface area contributed by atoms with Crippen molar-refractivity contribution >= 4 is 23.5 Å². The first-order valence-corrected chi connectivity index (χ1v) is 10.6. The summed E-state index contributed by atoms with van der Waals surface area (Å²) in [6.07, 6.45) is 5.96. The number of furan rings is 3. The van der Waals surface area contributed by atoms with Crippen LogP contribution in [0.3, 0.4) is 0 Å². The molecule has 1 fully saturated rings. The van der Waals surface area contributed by atoms with Gasteiger partial charge in [-0.25, -0.2) is 9.80 Å². The summed E-state index contributed by atoms with van der Waals surface area (Å²) in [6, 6.07) is 8.90. The molecule has 0 saturated carbocycles. The van der Waals surface area contributed by atoms with Gasteiger partial charge in [-0.2, -0.15) is 5.10 Å². The molecule has 2 atom stereocenters. The van der Waals surface area contributed by atoms with Crippen LogP contribution in [0.15, 0.2) is 73.5 Å². The van der Waals surface area contributed by atoms with E-state index in [2.05, 4.69) is 5.10 Å². The van der Waals surface area contributed by atoms with Gasteiger partial charge in [0.25, 0.3) is 11.8 Å². The molecule has 0 aromatic carbocycles. The summed E-state index contributed by atoms with van der Waals surface area (Å²) in [6.45, 7) is -0.0962. The highest BCUT2D eigenvalue weighted by Crippen LogP contribution is 2.33. The molecule has 5 rings (SSSR count). The second-order valence-electron chi connectivity index (χ2n) is 7.74. The first-order chi connectivity index (χ1) is 16.1. The van der Waals surface area contributed by atoms with Crippen LogP contribution in [0.1, 0.15) is 47.4 Å². The van der Waals surface area contributed by atoms with E-state index in [0.29, 0.717) is 43.0 Å². The average molecular weight is 451 g/mol. The second-order valence-corrected chi connectivity index (χ2v) is 7.74. The van der Waals surface area contributed by atoms with Crippen molar-refractivity contribution in [3.63, 3.8) is 0 Å². The van der Waals surface area contributed by atoms with Gasteiger partial charge in [-0.15, -0.1) is 0 Å². The normalized spacial score (nSPS) is 20.2. The summed E-state index contributed by atoms with van der Waals surface area (Å²) in [7, 11) is 0. The fourth-order valence-corrected chi connectivity index (χ4v) is 4.13. The standard InChI is InChI=1S/C23H21N3O7/c27-21(14-33-23(29)16-5-1-9-25(16)22(28)20-8-4-12-32-20)26-17(19-7-3-11-31-19)13-15(24-26)18-6-2-10-30-18/h2-4,6-8,10-12,16-17H,1,5,9,13-14H2. The third-order valence-electron chi connectivity index (χ3n) is 5.70. The fraction of sp³-hybridized carbons (Fsp3) is 0.304. The Morgan fingerprint density at radius 3 is 2.55 bits per heavy atom. The zero-order chi connectivity index (χ0) is 22.8. The number of nitrogens with zero attached hydrogens (tertiary/aromatic N) is 3. The maximum absolute atomic E-state index is 13.0. The van der Waals surface area contributed by atoms with E-state index < -0.39 is 30.6 Å². The topological polar surface area (TPSA) is 119 Å². The van der Waals surface area contributed by atoms with Gasteiger partial charge in [0.2, 0.25) is 0 Å². The molecule has 0 radical (unpaired) electrons. The molecule has 170 valence electrons. The minimum Gasteiger partial charge on any atom is -0.467 e. The smallest absolute Gasteiger partial charge is 0.329 e. The summed E-state index contributed by atoms with van der Waals surface area (Å²) in [5, 5.41) is 5.65. The summed E-state index contributed by atoms with van der Waals surface area (Å²) >= 11 is 0. The van der Waals surface area contributed by atoms with E-state index >= 15 is 0 Å². The highest BCUT2D eigenvalue weighted by atomic mass is 16.5. The molecule has 2 aliphatic heterocycles. The van der Waals surface area contributed by atoms with Crippen LogP contribution in [0.5, 0.6) is 0 Å². The van der Waals surface area contributed by atoms with Gasteiger partial charge < -0.3 is 22.9 Å². The van der Waals surface area contributed by atoms with Crippen LogP contribution in [0, 0.1) is 0 Å². The van der Waals surface area contributed by atoms with Crippen molar-refractivity contribution < 1.29 is 32.4 Å². The number of likely N-dealkylation sites (tertiary alicyclic amines) is 1. The van der Waals surface area contributed by atoms with E-state index in [0.717, 1.165) is 0 Å². The molecule has 2 aliphatic rings. The minimum absolute atomic E-state index is 0.156. The lowest BCUT2D eigenvalue weighted by atomic mass is 10.1. The zero-order valence-electron chi connectivity index (χ0n) is 17.6. The monoisotopic (exact) mass is 451 g/mol. The molecule has 3 aromatic rings. The van der Waals surface area contributed by atoms with Gasteiger partial charge >= 0.3 is 5.97 Å². The number of esters is 1. The Bertz CT molecular complexity index is 1150. The predicted molar refractivity (Wildman–Crippen MR) is 112 cm³/mol. The Morgan fingerprint density at radius 1 is 1.03 bits per heavy atom. The summed E-state index contributed by atoms with van der Waals surface area (Å²) in [5.74, 6) is -0.249. The van der Waals surface area contributed by atoms with Crippen molar-refractivity contribution in [2.75, 3.05) is 13.2 Å². The number of hydrogen-bond donors (Lipinski definition) is 0. The van der Waals surface area contributed by atoms with Crippen LogP contribution in [-0.2, 0) is 14.3 Å². The van der Waals surface area contributed by atoms with Gasteiger partial charge in [0.15, 0.2) is 12.4 Å². The zero-order valence-corrected chi connectivity index (χ0v) is 17.6. The number of rotatable bonds is 6. The van der Waals surface area contributed by atoms with E-state index in [-0.39, 0.29) is 11.7 Å². The third kappa shape index (κ3) is 4.07. The molecule has 0 N–H and O–H groups in total. The van der Waals surface area contributed by atoms with E-state index in [1.807, 2.05) is 0 Å². The number of amides is 2. The highest BCUT2D eigenvalue weighted by Gasteiger charge is 2.39. The number of hydrogen-bond acceptors (Lipinski definition) is 8. The van der Waals surface area contributed by atoms with Crippen molar-refractivity contribution in [3.8, 4) is 0 Å². The Kier molecular flexibility index (Phi) is 5.55. The van der Waals surface area contributed by atoms with Crippen molar-refractivity contribution in [1.29, 1.82) is 0 Å². The average Bonchev–Trinajstić information content (AvgIpc) is 3.63. The number of carbonyl (C=O) groups is 3. The Morgan fingerprint density at radius 2 is 1.82 bits per heavy atom. The fourth-order valence-electron chi connectivity index (χ4n) is 4.13. The molecule has 5 heterocycles. The van der Waals surface area contributed by atoms with E-state index in [4.69, 9.17) is 18.0 Å². The Balaban J connectivity index is 1.26. The minimum atomic E-state index is -0.767. The maximum atomic E-state index is 13.0. The first-order valence-electron chi connectivity index (χ1n) is 10.6. The lowest BCUT2D eigenvalue weighted by Crippen LogP contribution is -2.42. The number of hydrazone groups is 1. The van der Waals surface area contributed by atoms with Crippen molar-refractivity contribution in [2.24, 2.45) is 5.10 Å². The molecule has 2 amide bonds. The van der Waals surface area contributed by atoms with Gasteiger partial charge in [-0.05, 0) is 49.2 Å². The lowest BCUT2D eigenvalue weighted by Gasteiger charge is -2.23. The maximum Gasteiger partial charge on any atom is 0.329 e. The molecule has 33 heavy (non-hydrogen) atoms. The van der Waals surface area contributed by atoms with Gasteiger partial charge in [0, 0.05) is 13.0 Å². The second kappa shape index (κ2) is 8.81. The van der Waals surface area contributed by atoms with Crippen LogP contribution in [0.4, 0.5) is 0 Å². The number of carbonyl (C=O) groups excluding carboxylic acids is 3. The molecule has 3 aromatic heterocycles. The summed E-state index contributed by atoms with van der Waals surface area (Å²) in [4.78, 5) is 39.7. The van der Waals surface area contributed by atoms with E-state index in [1.165, 1.54) is 28.7 Å². The molecular formula is C23H21N3O7. The van der Waals surface area contributed by atoms with Crippen LogP contribution in [0.25, 0.3) is 0 Å². The Labute approximate surface area is 188 Å². The Hall–Kier alpha value is -4.08. The molecule has 0 bridgehead atoms. The molecule has 10 nitrogen and oxygen atoms in total. The van der Waals surface area contributed by atoms with Gasteiger partial charge in [-0.3, -0.25) is 9.59 Å². The molecule has 0 spiro atoms. The van der Waals surface area contributed by atoms with Gasteiger partial charge in [0.1, 0.15) is 29.3 Å². The van der Waals surface area contributed by atoms with E-state index in [1.54, 1.807) is 36.4 Å². The van der Waals surface area contributed by atoms with Crippen molar-refractivity contribution in [1.82, 2.24) is 9.91 Å². The van der Waals surface area contributed by atoms with Crippen LogP contribution in [-0.4, -0.2) is 52.6 Å². The summed E-state index contributed by atoms with van der Waals surface area (Å²) in [5.41, 5.74) is 0.590. The number of ether oxygens (including phenoxy) is 1. The molecule has 1 saturated heterocycles. The first kappa shape index (κ1) is 20.8. The van der Waals surface area contributed by atoms with Gasteiger partial charge in [0.05, 0.1) is 18.8 Å². The quantitative estimate of drug-likeness (QED) is 0.529. The van der Waals surface area contributed by atoms with Crippen LogP contribution >= 0.6 is 0 Å². The molecule has 0 aliphatic carbocycles. The SMILES string of the molecule is O=C(OCC(=O)N1N=C(c2ccco2)CC1c1ccco1)C1CCCN1C(=O)c1ccco1. The van der Waals surface area contributed by atoms with Gasteiger partial charge in [-0.1, -0.05) is 0 Å². The molecular weight excluding hydrogens is 430 g/mol. The highest BCUT2D eigenvalue weighted by molar-refractivity contribution is 6.01. The third-order valence-corrected chi connectivity index (χ3v) is 5.70. The van der Waals surface area contributed by atoms with Crippen molar-refractivity contribution in [2.45, 2.75) is 31.3 Å². The van der Waals surface area contributed by atoms with E-state index in [9.17, 15) is 14.4 Å². The van der Waals surface area contributed by atoms with Crippen LogP contribution < -0.4 is 0 Å².